The molecule has 0 fully saturated rings. The van der Waals surface area contributed by atoms with E-state index < -0.39 is 126 Å². The molecule has 28 nitrogen and oxygen atoms in total. The number of carbonyl (C=O) groups is 10. The van der Waals surface area contributed by atoms with Crippen molar-refractivity contribution in [2.75, 3.05) is 26.2 Å². The molecule has 1 aromatic carbocycles. The van der Waals surface area contributed by atoms with Gasteiger partial charge in [0.05, 0.1) is 12.5 Å². The Balaban J connectivity index is 3.50. The number of rotatable bonds is 39. The number of amides is 9. The number of aliphatic imine (C=N–C) groups is 1. The van der Waals surface area contributed by atoms with Crippen LogP contribution in [0.5, 0.6) is 5.75 Å². The number of aliphatic carboxylic acids is 1. The second-order valence-corrected chi connectivity index (χ2v) is 18.4. The van der Waals surface area contributed by atoms with E-state index in [0.29, 0.717) is 37.7 Å². The van der Waals surface area contributed by atoms with Gasteiger partial charge in [-0.3, -0.25) is 48.1 Å². The number of nitrogens with two attached hydrogens (primary N) is 8. The SMILES string of the molecule is CC(C)[C@H](NC(=O)[C@H](CCCN=C(N)N)NC(=O)[C@H](CCC(N)=O)NC(=O)[C@H](CCCCN)NC(=O)[C@@H](N)Cc1ccc(O)cc1)C(=O)N[C@@H](CCCCN)C(=O)N[C@@H](CC(N)=O)C(=O)N[C@@H](CCCCN)C(=O)O. The second kappa shape index (κ2) is 35.9. The van der Waals surface area contributed by atoms with Crippen LogP contribution in [0.15, 0.2) is 29.3 Å². The van der Waals surface area contributed by atoms with Crippen LogP contribution in [-0.4, -0.2) is 150 Å². The lowest BCUT2D eigenvalue weighted by Gasteiger charge is -2.29. The number of guanidine groups is 1. The highest BCUT2D eigenvalue weighted by atomic mass is 16.4. The first-order valence-electron chi connectivity index (χ1n) is 25.0. The molecule has 0 aliphatic carbocycles. The number of phenols is 1. The Morgan fingerprint density at radius 3 is 1.35 bits per heavy atom. The van der Waals surface area contributed by atoms with Crippen LogP contribution in [0.4, 0.5) is 0 Å². The number of nitrogens with zero attached hydrogens (tertiary/aromatic N) is 1. The van der Waals surface area contributed by atoms with Gasteiger partial charge < -0.3 is 93.3 Å². The number of aromatic hydroxyl groups is 1. The van der Waals surface area contributed by atoms with E-state index in [4.69, 9.17) is 45.9 Å². The fourth-order valence-corrected chi connectivity index (χ4v) is 7.41. The van der Waals surface area contributed by atoms with Crippen molar-refractivity contribution in [2.45, 2.75) is 158 Å². The Morgan fingerprint density at radius 1 is 0.507 bits per heavy atom. The number of nitrogens with one attached hydrogen (secondary N) is 7. The molecule has 0 spiro atoms. The van der Waals surface area contributed by atoms with Gasteiger partial charge in [0.1, 0.15) is 48.0 Å². The zero-order chi connectivity index (χ0) is 56.6. The molecule has 9 amide bonds. The number of hydrogen-bond acceptors (Lipinski definition) is 16. The maximum atomic E-state index is 14.2. The van der Waals surface area contributed by atoms with Crippen molar-refractivity contribution in [3.05, 3.63) is 29.8 Å². The fraction of sp³-hybridized carbons (Fsp3) is 0.638. The lowest BCUT2D eigenvalue weighted by molar-refractivity contribution is -0.142. The predicted molar refractivity (Wildman–Crippen MR) is 277 cm³/mol. The third-order valence-corrected chi connectivity index (χ3v) is 11.6. The van der Waals surface area contributed by atoms with Crippen molar-refractivity contribution in [2.24, 2.45) is 56.8 Å². The van der Waals surface area contributed by atoms with E-state index in [9.17, 15) is 58.2 Å². The van der Waals surface area contributed by atoms with E-state index in [0.717, 1.165) is 0 Å². The van der Waals surface area contributed by atoms with E-state index in [-0.39, 0.29) is 89.3 Å². The number of carboxylic acids is 1. The second-order valence-electron chi connectivity index (χ2n) is 18.4. The first-order valence-corrected chi connectivity index (χ1v) is 25.0. The summed E-state index contributed by atoms with van der Waals surface area (Å²) >= 11 is 0. The molecular weight excluding hydrogens is 981 g/mol. The molecular formula is C47H82N16O12. The van der Waals surface area contributed by atoms with Crippen LogP contribution in [0, 0.1) is 5.92 Å². The van der Waals surface area contributed by atoms with Crippen LogP contribution < -0.4 is 83.1 Å². The van der Waals surface area contributed by atoms with E-state index in [1.54, 1.807) is 26.0 Å². The van der Waals surface area contributed by atoms with Gasteiger partial charge in [0.25, 0.3) is 0 Å². The quantitative estimate of drug-likeness (QED) is 0.0167. The Labute approximate surface area is 436 Å². The molecule has 0 saturated heterocycles. The topological polar surface area (TPSA) is 516 Å². The predicted octanol–water partition coefficient (Wildman–Crippen LogP) is -5.02. The van der Waals surface area contributed by atoms with Crippen molar-refractivity contribution in [3.63, 3.8) is 0 Å². The minimum atomic E-state index is -1.65. The number of carbonyl (C=O) groups excluding carboxylic acids is 9. The van der Waals surface area contributed by atoms with Crippen LogP contribution in [0.25, 0.3) is 0 Å². The van der Waals surface area contributed by atoms with Gasteiger partial charge in [-0.25, -0.2) is 4.79 Å². The zero-order valence-corrected chi connectivity index (χ0v) is 43.0. The van der Waals surface area contributed by atoms with Crippen LogP contribution >= 0.6 is 0 Å². The Morgan fingerprint density at radius 2 is 0.907 bits per heavy atom. The maximum Gasteiger partial charge on any atom is 0.326 e. The number of benzene rings is 1. The van der Waals surface area contributed by atoms with Crippen molar-refractivity contribution >= 4 is 65.1 Å². The third kappa shape index (κ3) is 27.1. The van der Waals surface area contributed by atoms with Gasteiger partial charge in [-0.2, -0.15) is 0 Å². The lowest BCUT2D eigenvalue weighted by atomic mass is 10.00. The Hall–Kier alpha value is -7.17. The summed E-state index contributed by atoms with van der Waals surface area (Å²) in [5, 5.41) is 37.0. The molecule has 0 aromatic heterocycles. The molecule has 28 heteroatoms. The standard InChI is InChI=1S/C47H82N16O12/c1-26(2)38(45(73)60-31(11-4-7-21-49)41(69)62-35(25-37(53)66)44(72)61-34(46(74)75)12-5-8-22-50)63-43(71)32(13-9-23-56-47(54)55)58-42(70)33(18-19-36(52)65)59-40(68)30(10-3-6-20-48)57-39(67)29(51)24-27-14-16-28(64)17-15-27/h14-17,26,29-35,38,64H,3-13,18-25,48-51H2,1-2H3,(H2,52,65)(H2,53,66)(H,57,67)(H,58,70)(H,59,68)(H,60,73)(H,61,72)(H,62,69)(H,63,71)(H,74,75)(H4,54,55,56)/t29-,30-,31-,32-,33-,34-,35-,38-/m0/s1. The molecule has 75 heavy (non-hydrogen) atoms. The molecule has 422 valence electrons. The zero-order valence-electron chi connectivity index (χ0n) is 43.0. The monoisotopic (exact) mass is 1060 g/mol. The third-order valence-electron chi connectivity index (χ3n) is 11.6. The molecule has 1 aromatic rings. The molecule has 0 radical (unpaired) electrons. The molecule has 1 rings (SSSR count). The van der Waals surface area contributed by atoms with Gasteiger partial charge in [-0.05, 0) is 127 Å². The van der Waals surface area contributed by atoms with E-state index in [1.807, 2.05) is 0 Å². The molecule has 0 unspecified atom stereocenters. The summed E-state index contributed by atoms with van der Waals surface area (Å²) in [6.45, 7) is 3.93. The highest BCUT2D eigenvalue weighted by molar-refractivity contribution is 5.98. The average Bonchev–Trinajstić information content (AvgIpc) is 3.34. The normalized spacial score (nSPS) is 14.2. The minimum Gasteiger partial charge on any atom is -0.508 e. The average molecular weight is 1060 g/mol. The van der Waals surface area contributed by atoms with Crippen molar-refractivity contribution < 1.29 is 58.2 Å². The van der Waals surface area contributed by atoms with E-state index in [1.165, 1.54) is 12.1 Å². The first-order chi connectivity index (χ1) is 35.4. The molecule has 8 atom stereocenters. The summed E-state index contributed by atoms with van der Waals surface area (Å²) in [5.41, 5.74) is 45.5. The number of hydrogen-bond donors (Lipinski definition) is 17. The molecule has 0 heterocycles. The van der Waals surface area contributed by atoms with Crippen molar-refractivity contribution in [1.29, 1.82) is 0 Å². The van der Waals surface area contributed by atoms with Gasteiger partial charge in [-0.1, -0.05) is 26.0 Å². The van der Waals surface area contributed by atoms with Gasteiger partial charge in [0, 0.05) is 13.0 Å². The molecule has 0 aliphatic rings. The Kier molecular flexibility index (Phi) is 31.5. The number of unbranched alkanes of at least 4 members (excludes halogenated alkanes) is 3. The van der Waals surface area contributed by atoms with Gasteiger partial charge >= 0.3 is 5.97 Å². The van der Waals surface area contributed by atoms with Gasteiger partial charge in [-0.15, -0.1) is 0 Å². The van der Waals surface area contributed by atoms with Crippen LogP contribution in [0.2, 0.25) is 0 Å². The van der Waals surface area contributed by atoms with Gasteiger partial charge in [0.15, 0.2) is 5.96 Å². The summed E-state index contributed by atoms with van der Waals surface area (Å²) in [4.78, 5) is 137. The van der Waals surface area contributed by atoms with Gasteiger partial charge in [0.2, 0.25) is 53.2 Å². The molecule has 0 aliphatic heterocycles. The highest BCUT2D eigenvalue weighted by Crippen LogP contribution is 2.13. The highest BCUT2D eigenvalue weighted by Gasteiger charge is 2.35. The molecule has 0 saturated carbocycles. The summed E-state index contributed by atoms with van der Waals surface area (Å²) in [7, 11) is 0. The van der Waals surface area contributed by atoms with Crippen molar-refractivity contribution in [1.82, 2.24) is 37.2 Å². The summed E-state index contributed by atoms with van der Waals surface area (Å²) in [6.07, 6.45) is 0.925. The number of carboxylic acid groups (broad SMARTS) is 1. The summed E-state index contributed by atoms with van der Waals surface area (Å²) < 4.78 is 0. The number of phenolic OH excluding ortho intramolecular Hbond substituents is 1. The minimum absolute atomic E-state index is 0.00129. The number of primary amides is 2. The summed E-state index contributed by atoms with van der Waals surface area (Å²) in [5.74, 6) is -10.4. The summed E-state index contributed by atoms with van der Waals surface area (Å²) in [6, 6.07) is -5.13. The molecule has 0 bridgehead atoms. The first kappa shape index (κ1) is 65.8. The maximum absolute atomic E-state index is 14.2. The fourth-order valence-electron chi connectivity index (χ4n) is 7.41. The van der Waals surface area contributed by atoms with Crippen LogP contribution in [0.1, 0.15) is 109 Å². The lowest BCUT2D eigenvalue weighted by Crippen LogP contribution is -2.61. The Bertz CT molecular complexity index is 2060. The van der Waals surface area contributed by atoms with Crippen LogP contribution in [0.3, 0.4) is 0 Å². The molecule has 25 N–H and O–H groups in total. The van der Waals surface area contributed by atoms with Crippen molar-refractivity contribution in [3.8, 4) is 5.75 Å². The van der Waals surface area contributed by atoms with Crippen LogP contribution in [-0.2, 0) is 54.4 Å². The smallest absolute Gasteiger partial charge is 0.326 e. The van der Waals surface area contributed by atoms with E-state index >= 15 is 0 Å². The van der Waals surface area contributed by atoms with E-state index in [2.05, 4.69) is 42.2 Å². The largest absolute Gasteiger partial charge is 0.508 e.